The highest BCUT2D eigenvalue weighted by atomic mass is 16.7. The summed E-state index contributed by atoms with van der Waals surface area (Å²) in [6.07, 6.45) is 6.93. The molecule has 0 bridgehead atoms. The molecule has 0 saturated heterocycles. The van der Waals surface area contributed by atoms with E-state index in [2.05, 4.69) is 10.5 Å². The van der Waals surface area contributed by atoms with E-state index in [4.69, 9.17) is 4.84 Å². The lowest BCUT2D eigenvalue weighted by molar-refractivity contribution is -0.137. The molecule has 1 fully saturated rings. The SMILES string of the molecule is O=C(Cc1c[nH]c2ccccc12)NOC1CCCC1. The summed E-state index contributed by atoms with van der Waals surface area (Å²) >= 11 is 0. The molecular weight excluding hydrogens is 240 g/mol. The van der Waals surface area contributed by atoms with Gasteiger partial charge in [-0.3, -0.25) is 9.63 Å². The number of carbonyl (C=O) groups excluding carboxylic acids is 1. The molecule has 2 aromatic rings. The normalized spacial score (nSPS) is 16.0. The van der Waals surface area contributed by atoms with E-state index in [0.717, 1.165) is 29.3 Å². The predicted molar refractivity (Wildman–Crippen MR) is 73.5 cm³/mol. The van der Waals surface area contributed by atoms with Crippen LogP contribution in [-0.4, -0.2) is 17.0 Å². The number of aromatic nitrogens is 1. The molecule has 0 unspecified atom stereocenters. The number of rotatable bonds is 4. The van der Waals surface area contributed by atoms with Gasteiger partial charge in [-0.1, -0.05) is 31.0 Å². The van der Waals surface area contributed by atoms with Gasteiger partial charge in [0.25, 0.3) is 0 Å². The van der Waals surface area contributed by atoms with Crippen molar-refractivity contribution in [2.75, 3.05) is 0 Å². The number of para-hydroxylation sites is 1. The lowest BCUT2D eigenvalue weighted by Crippen LogP contribution is -2.29. The first kappa shape index (κ1) is 12.2. The van der Waals surface area contributed by atoms with E-state index in [0.29, 0.717) is 6.42 Å². The Hall–Kier alpha value is -1.81. The molecule has 4 nitrogen and oxygen atoms in total. The van der Waals surface area contributed by atoms with Gasteiger partial charge >= 0.3 is 0 Å². The highest BCUT2D eigenvalue weighted by Crippen LogP contribution is 2.20. The number of hydroxylamine groups is 1. The van der Waals surface area contributed by atoms with Gasteiger partial charge in [0.1, 0.15) is 0 Å². The molecule has 1 aromatic carbocycles. The summed E-state index contributed by atoms with van der Waals surface area (Å²) in [6, 6.07) is 7.98. The molecule has 3 rings (SSSR count). The number of hydrogen-bond acceptors (Lipinski definition) is 2. The Balaban J connectivity index is 1.59. The summed E-state index contributed by atoms with van der Waals surface area (Å²) in [5, 5.41) is 1.10. The minimum Gasteiger partial charge on any atom is -0.361 e. The maximum absolute atomic E-state index is 11.9. The molecule has 1 heterocycles. The monoisotopic (exact) mass is 258 g/mol. The van der Waals surface area contributed by atoms with E-state index in [1.54, 1.807) is 0 Å². The van der Waals surface area contributed by atoms with Crippen LogP contribution in [0.1, 0.15) is 31.2 Å². The number of hydrogen-bond donors (Lipinski definition) is 2. The van der Waals surface area contributed by atoms with Crippen molar-refractivity contribution < 1.29 is 9.63 Å². The fraction of sp³-hybridized carbons (Fsp3) is 0.400. The fourth-order valence-corrected chi connectivity index (χ4v) is 2.64. The largest absolute Gasteiger partial charge is 0.361 e. The predicted octanol–water partition coefficient (Wildman–Crippen LogP) is 2.70. The van der Waals surface area contributed by atoms with E-state index >= 15 is 0 Å². The zero-order chi connectivity index (χ0) is 13.1. The summed E-state index contributed by atoms with van der Waals surface area (Å²) in [5.41, 5.74) is 4.64. The van der Waals surface area contributed by atoms with Gasteiger partial charge < -0.3 is 4.98 Å². The Bertz CT molecular complexity index is 570. The van der Waals surface area contributed by atoms with Crippen molar-refractivity contribution in [1.29, 1.82) is 0 Å². The second-order valence-corrected chi connectivity index (χ2v) is 5.09. The van der Waals surface area contributed by atoms with Crippen LogP contribution in [0.2, 0.25) is 0 Å². The summed E-state index contributed by atoms with van der Waals surface area (Å²) < 4.78 is 0. The first-order chi connectivity index (χ1) is 9.33. The number of nitrogens with one attached hydrogen (secondary N) is 2. The van der Waals surface area contributed by atoms with Crippen LogP contribution in [-0.2, 0) is 16.1 Å². The molecule has 1 saturated carbocycles. The fourth-order valence-electron chi connectivity index (χ4n) is 2.64. The minimum absolute atomic E-state index is 0.0864. The lowest BCUT2D eigenvalue weighted by Gasteiger charge is -2.10. The Morgan fingerprint density at radius 2 is 2.11 bits per heavy atom. The van der Waals surface area contributed by atoms with Gasteiger partial charge in [-0.05, 0) is 24.5 Å². The van der Waals surface area contributed by atoms with E-state index in [1.165, 1.54) is 12.8 Å². The summed E-state index contributed by atoms with van der Waals surface area (Å²) in [4.78, 5) is 20.4. The first-order valence-corrected chi connectivity index (χ1v) is 6.82. The van der Waals surface area contributed by atoms with Crippen molar-refractivity contribution in [3.05, 3.63) is 36.0 Å². The van der Waals surface area contributed by atoms with E-state index in [9.17, 15) is 4.79 Å². The number of amides is 1. The summed E-state index contributed by atoms with van der Waals surface area (Å²) in [6.45, 7) is 0. The minimum atomic E-state index is -0.0864. The van der Waals surface area contributed by atoms with Gasteiger partial charge in [-0.15, -0.1) is 0 Å². The van der Waals surface area contributed by atoms with Crippen LogP contribution in [0, 0.1) is 0 Å². The molecule has 4 heteroatoms. The van der Waals surface area contributed by atoms with Crippen LogP contribution in [0.4, 0.5) is 0 Å². The molecule has 2 N–H and O–H groups in total. The third-order valence-corrected chi connectivity index (χ3v) is 3.67. The molecule has 0 aliphatic heterocycles. The maximum Gasteiger partial charge on any atom is 0.248 e. The number of H-pyrrole nitrogens is 1. The number of aromatic amines is 1. The number of fused-ring (bicyclic) bond motifs is 1. The van der Waals surface area contributed by atoms with Crippen molar-refractivity contribution >= 4 is 16.8 Å². The van der Waals surface area contributed by atoms with E-state index < -0.39 is 0 Å². The molecule has 1 aliphatic carbocycles. The Labute approximate surface area is 112 Å². The molecule has 0 radical (unpaired) electrons. The quantitative estimate of drug-likeness (QED) is 0.828. The standard InChI is InChI=1S/C15H18N2O2/c18-15(17-19-12-5-1-2-6-12)9-11-10-16-14-8-4-3-7-13(11)14/h3-4,7-8,10,12,16H,1-2,5-6,9H2,(H,17,18). The van der Waals surface area contributed by atoms with E-state index in [-0.39, 0.29) is 12.0 Å². The van der Waals surface area contributed by atoms with Crippen molar-refractivity contribution in [3.8, 4) is 0 Å². The van der Waals surface area contributed by atoms with Crippen LogP contribution in [0.15, 0.2) is 30.5 Å². The summed E-state index contributed by atoms with van der Waals surface area (Å²) in [5.74, 6) is -0.0864. The first-order valence-electron chi connectivity index (χ1n) is 6.82. The number of benzene rings is 1. The smallest absolute Gasteiger partial charge is 0.248 e. The Kier molecular flexibility index (Phi) is 3.51. The Morgan fingerprint density at radius 1 is 1.32 bits per heavy atom. The van der Waals surface area contributed by atoms with Gasteiger partial charge in [0.2, 0.25) is 5.91 Å². The Morgan fingerprint density at radius 3 is 2.95 bits per heavy atom. The van der Waals surface area contributed by atoms with Gasteiger partial charge in [-0.2, -0.15) is 0 Å². The highest BCUT2D eigenvalue weighted by molar-refractivity contribution is 5.88. The molecule has 100 valence electrons. The highest BCUT2D eigenvalue weighted by Gasteiger charge is 2.17. The van der Waals surface area contributed by atoms with Crippen molar-refractivity contribution in [2.45, 2.75) is 38.2 Å². The van der Waals surface area contributed by atoms with Crippen LogP contribution >= 0.6 is 0 Å². The molecular formula is C15H18N2O2. The second-order valence-electron chi connectivity index (χ2n) is 5.09. The average molecular weight is 258 g/mol. The van der Waals surface area contributed by atoms with Crippen LogP contribution < -0.4 is 5.48 Å². The zero-order valence-electron chi connectivity index (χ0n) is 10.8. The molecule has 1 aliphatic rings. The van der Waals surface area contributed by atoms with E-state index in [1.807, 2.05) is 30.5 Å². The van der Waals surface area contributed by atoms with Gasteiger partial charge in [0.15, 0.2) is 0 Å². The molecule has 0 spiro atoms. The van der Waals surface area contributed by atoms with Crippen LogP contribution in [0.25, 0.3) is 10.9 Å². The van der Waals surface area contributed by atoms with Crippen molar-refractivity contribution in [2.24, 2.45) is 0 Å². The lowest BCUT2D eigenvalue weighted by atomic mass is 10.1. The average Bonchev–Trinajstić information content (AvgIpc) is 3.07. The van der Waals surface area contributed by atoms with Crippen molar-refractivity contribution in [3.63, 3.8) is 0 Å². The zero-order valence-corrected chi connectivity index (χ0v) is 10.8. The molecule has 1 amide bonds. The second kappa shape index (κ2) is 5.45. The van der Waals surface area contributed by atoms with Crippen LogP contribution in [0.3, 0.4) is 0 Å². The van der Waals surface area contributed by atoms with Gasteiger partial charge in [0.05, 0.1) is 12.5 Å². The van der Waals surface area contributed by atoms with Crippen LogP contribution in [0.5, 0.6) is 0 Å². The molecule has 1 aromatic heterocycles. The van der Waals surface area contributed by atoms with Crippen molar-refractivity contribution in [1.82, 2.24) is 10.5 Å². The third kappa shape index (κ3) is 2.79. The summed E-state index contributed by atoms with van der Waals surface area (Å²) in [7, 11) is 0. The van der Waals surface area contributed by atoms with Gasteiger partial charge in [0, 0.05) is 17.1 Å². The van der Waals surface area contributed by atoms with Gasteiger partial charge in [-0.25, -0.2) is 5.48 Å². The molecule has 0 atom stereocenters. The topological polar surface area (TPSA) is 54.1 Å². The number of carbonyl (C=O) groups is 1. The maximum atomic E-state index is 11.9. The molecule has 19 heavy (non-hydrogen) atoms. The third-order valence-electron chi connectivity index (χ3n) is 3.67.